The molecule has 0 fully saturated rings. The Bertz CT molecular complexity index is 437. The van der Waals surface area contributed by atoms with Crippen molar-refractivity contribution in [2.75, 3.05) is 0 Å². The van der Waals surface area contributed by atoms with Gasteiger partial charge in [0.2, 0.25) is 0 Å². The third kappa shape index (κ3) is 3.79. The Morgan fingerprint density at radius 3 is 2.65 bits per heavy atom. The van der Waals surface area contributed by atoms with Crippen molar-refractivity contribution in [3.05, 3.63) is 35.4 Å². The molecule has 0 amide bonds. The van der Waals surface area contributed by atoms with E-state index in [9.17, 15) is 4.79 Å². The summed E-state index contributed by atoms with van der Waals surface area (Å²) < 4.78 is 0. The second-order valence-electron chi connectivity index (χ2n) is 4.08. The van der Waals surface area contributed by atoms with E-state index in [2.05, 4.69) is 6.07 Å². The van der Waals surface area contributed by atoms with E-state index in [1.165, 1.54) is 11.8 Å². The first-order valence-electron chi connectivity index (χ1n) is 5.38. The minimum absolute atomic E-state index is 0.0757. The molecule has 1 aromatic carbocycles. The van der Waals surface area contributed by atoms with Gasteiger partial charge in [0.1, 0.15) is 5.25 Å². The van der Waals surface area contributed by atoms with E-state index in [0.717, 1.165) is 5.56 Å². The van der Waals surface area contributed by atoms with Gasteiger partial charge < -0.3 is 5.11 Å². The molecule has 0 spiro atoms. The summed E-state index contributed by atoms with van der Waals surface area (Å²) >= 11 is 1.37. The first kappa shape index (κ1) is 13.6. The lowest BCUT2D eigenvalue weighted by Crippen LogP contribution is -2.22. The summed E-state index contributed by atoms with van der Waals surface area (Å²) in [5, 5.41) is 17.6. The summed E-state index contributed by atoms with van der Waals surface area (Å²) in [6.07, 6.45) is 0. The van der Waals surface area contributed by atoms with E-state index in [1.807, 2.05) is 32.0 Å². The van der Waals surface area contributed by atoms with Gasteiger partial charge in [-0.05, 0) is 17.5 Å². The van der Waals surface area contributed by atoms with Crippen molar-refractivity contribution in [2.24, 2.45) is 5.92 Å². The molecule has 1 aromatic rings. The van der Waals surface area contributed by atoms with Crippen LogP contribution in [0.15, 0.2) is 24.3 Å². The molecule has 0 aliphatic heterocycles. The highest BCUT2D eigenvalue weighted by Gasteiger charge is 2.22. The number of benzene rings is 1. The van der Waals surface area contributed by atoms with Crippen LogP contribution in [0.3, 0.4) is 0 Å². The number of thioether (sulfide) groups is 1. The van der Waals surface area contributed by atoms with Crippen LogP contribution in [0.1, 0.15) is 25.0 Å². The molecule has 0 heterocycles. The second-order valence-corrected chi connectivity index (χ2v) is 5.21. The van der Waals surface area contributed by atoms with Gasteiger partial charge in [0.05, 0.1) is 11.6 Å². The van der Waals surface area contributed by atoms with E-state index < -0.39 is 11.2 Å². The predicted octanol–water partition coefficient (Wildman–Crippen LogP) is 2.90. The van der Waals surface area contributed by atoms with Gasteiger partial charge in [-0.3, -0.25) is 4.79 Å². The number of hydrogen-bond acceptors (Lipinski definition) is 3. The molecule has 3 nitrogen and oxygen atoms in total. The third-order valence-corrected chi connectivity index (χ3v) is 3.99. The van der Waals surface area contributed by atoms with Crippen LogP contribution in [0, 0.1) is 17.2 Å². The molecule has 0 bridgehead atoms. The van der Waals surface area contributed by atoms with Gasteiger partial charge in [0.25, 0.3) is 0 Å². The van der Waals surface area contributed by atoms with E-state index in [-0.39, 0.29) is 5.92 Å². The average molecular weight is 249 g/mol. The summed E-state index contributed by atoms with van der Waals surface area (Å²) in [7, 11) is 0. The van der Waals surface area contributed by atoms with Crippen molar-refractivity contribution < 1.29 is 9.90 Å². The van der Waals surface area contributed by atoms with E-state index in [0.29, 0.717) is 11.3 Å². The molecule has 4 heteroatoms. The fourth-order valence-electron chi connectivity index (χ4n) is 1.48. The smallest absolute Gasteiger partial charge is 0.316 e. The Morgan fingerprint density at radius 1 is 1.47 bits per heavy atom. The fraction of sp³-hybridized carbons (Fsp3) is 0.385. The highest BCUT2D eigenvalue weighted by molar-refractivity contribution is 7.99. The van der Waals surface area contributed by atoms with Gasteiger partial charge in [-0.2, -0.15) is 5.26 Å². The minimum atomic E-state index is -0.792. The first-order valence-corrected chi connectivity index (χ1v) is 6.43. The molecule has 0 saturated heterocycles. The molecule has 0 saturated carbocycles. The quantitative estimate of drug-likeness (QED) is 0.871. The van der Waals surface area contributed by atoms with Crippen molar-refractivity contribution in [3.63, 3.8) is 0 Å². The van der Waals surface area contributed by atoms with Gasteiger partial charge in [-0.15, -0.1) is 11.8 Å². The van der Waals surface area contributed by atoms with Crippen LogP contribution in [0.4, 0.5) is 0 Å². The molecule has 1 unspecified atom stereocenters. The largest absolute Gasteiger partial charge is 0.480 e. The summed E-state index contributed by atoms with van der Waals surface area (Å²) in [4.78, 5) is 11.0. The van der Waals surface area contributed by atoms with E-state index >= 15 is 0 Å². The van der Waals surface area contributed by atoms with Crippen LogP contribution in [0.2, 0.25) is 0 Å². The van der Waals surface area contributed by atoms with Crippen molar-refractivity contribution in [1.82, 2.24) is 0 Å². The molecule has 1 rings (SSSR count). The lowest BCUT2D eigenvalue weighted by molar-refractivity contribution is -0.137. The Labute approximate surface area is 105 Å². The molecular weight excluding hydrogens is 234 g/mol. The normalized spacial score (nSPS) is 12.1. The number of nitrogens with zero attached hydrogens (tertiary/aromatic N) is 1. The Hall–Kier alpha value is -1.47. The van der Waals surface area contributed by atoms with Crippen LogP contribution in [0.25, 0.3) is 0 Å². The highest BCUT2D eigenvalue weighted by Crippen LogP contribution is 2.25. The Kier molecular flexibility index (Phi) is 5.05. The molecule has 90 valence electrons. The lowest BCUT2D eigenvalue weighted by Gasteiger charge is -2.15. The van der Waals surface area contributed by atoms with Crippen LogP contribution >= 0.6 is 11.8 Å². The van der Waals surface area contributed by atoms with Crippen molar-refractivity contribution >= 4 is 17.7 Å². The maximum absolute atomic E-state index is 11.0. The number of carbonyl (C=O) groups is 1. The zero-order valence-electron chi connectivity index (χ0n) is 9.88. The maximum Gasteiger partial charge on any atom is 0.316 e. The second kappa shape index (κ2) is 6.31. The van der Waals surface area contributed by atoms with E-state index in [1.54, 1.807) is 6.07 Å². The van der Waals surface area contributed by atoms with E-state index in [4.69, 9.17) is 10.4 Å². The molecule has 17 heavy (non-hydrogen) atoms. The van der Waals surface area contributed by atoms with Gasteiger partial charge >= 0.3 is 5.97 Å². The van der Waals surface area contributed by atoms with Crippen LogP contribution in [-0.4, -0.2) is 16.3 Å². The Balaban J connectivity index is 2.73. The van der Waals surface area contributed by atoms with Gasteiger partial charge in [-0.1, -0.05) is 32.0 Å². The number of rotatable bonds is 5. The predicted molar refractivity (Wildman–Crippen MR) is 68.7 cm³/mol. The first-order chi connectivity index (χ1) is 8.06. The van der Waals surface area contributed by atoms with Crippen molar-refractivity contribution in [3.8, 4) is 6.07 Å². The van der Waals surface area contributed by atoms with Gasteiger partial charge in [0, 0.05) is 5.75 Å². The van der Waals surface area contributed by atoms with Crippen LogP contribution in [-0.2, 0) is 10.5 Å². The Morgan fingerprint density at radius 2 is 2.12 bits per heavy atom. The van der Waals surface area contributed by atoms with Crippen molar-refractivity contribution in [1.29, 1.82) is 5.26 Å². The zero-order chi connectivity index (χ0) is 12.8. The molecule has 0 radical (unpaired) electrons. The van der Waals surface area contributed by atoms with Gasteiger partial charge in [0.15, 0.2) is 0 Å². The monoisotopic (exact) mass is 249 g/mol. The highest BCUT2D eigenvalue weighted by atomic mass is 32.2. The molecule has 1 N–H and O–H groups in total. The zero-order valence-corrected chi connectivity index (χ0v) is 10.7. The minimum Gasteiger partial charge on any atom is -0.480 e. The average Bonchev–Trinajstić information content (AvgIpc) is 2.29. The molecule has 1 atom stereocenters. The van der Waals surface area contributed by atoms with Crippen LogP contribution in [0.5, 0.6) is 0 Å². The fourth-order valence-corrected chi connectivity index (χ4v) is 2.62. The number of hydrogen-bond donors (Lipinski definition) is 1. The maximum atomic E-state index is 11.0. The number of nitriles is 1. The number of carboxylic acids is 1. The third-order valence-electron chi connectivity index (χ3n) is 2.41. The lowest BCUT2D eigenvalue weighted by atomic mass is 10.1. The van der Waals surface area contributed by atoms with Crippen molar-refractivity contribution in [2.45, 2.75) is 24.9 Å². The SMILES string of the molecule is CC(C)C(SCc1ccccc1C#N)C(=O)O. The van der Waals surface area contributed by atoms with Gasteiger partial charge in [-0.25, -0.2) is 0 Å². The summed E-state index contributed by atoms with van der Waals surface area (Å²) in [5.74, 6) is -0.162. The summed E-state index contributed by atoms with van der Waals surface area (Å²) in [6, 6.07) is 9.41. The number of carboxylic acid groups (broad SMARTS) is 1. The molecular formula is C13H15NO2S. The summed E-state index contributed by atoms with van der Waals surface area (Å²) in [5.41, 5.74) is 1.51. The number of aliphatic carboxylic acids is 1. The molecule has 0 aromatic heterocycles. The molecule has 0 aliphatic carbocycles. The van der Waals surface area contributed by atoms with Crippen LogP contribution < -0.4 is 0 Å². The standard InChI is InChI=1S/C13H15NO2S/c1-9(2)12(13(15)16)17-8-11-6-4-3-5-10(11)7-14/h3-6,9,12H,8H2,1-2H3,(H,15,16). The topological polar surface area (TPSA) is 61.1 Å². The molecule has 0 aliphatic rings. The summed E-state index contributed by atoms with van der Waals surface area (Å²) in [6.45, 7) is 3.78.